The molecule has 1 aromatic carbocycles. The maximum atomic E-state index is 5.88. The van der Waals surface area contributed by atoms with Crippen LogP contribution in [0.4, 0.5) is 0 Å². The van der Waals surface area contributed by atoms with Crippen LogP contribution in [0.15, 0.2) is 36.7 Å². The topological polar surface area (TPSA) is 43.6 Å². The second-order valence-electron chi connectivity index (χ2n) is 3.68. The minimum absolute atomic E-state index is 0.423. The normalized spacial score (nSPS) is 10.1. The molecule has 4 nitrogen and oxygen atoms in total. The van der Waals surface area contributed by atoms with E-state index in [0.717, 1.165) is 22.7 Å². The third-order valence-electron chi connectivity index (χ3n) is 2.58. The molecule has 19 heavy (non-hydrogen) atoms. The molecule has 0 aliphatic rings. The lowest BCUT2D eigenvalue weighted by atomic mass is 10.3. The van der Waals surface area contributed by atoms with Crippen LogP contribution in [-0.2, 0) is 0 Å². The van der Waals surface area contributed by atoms with Gasteiger partial charge in [0.05, 0.1) is 11.0 Å². The van der Waals surface area contributed by atoms with Gasteiger partial charge >= 0.3 is 0 Å². The van der Waals surface area contributed by atoms with Gasteiger partial charge in [0.15, 0.2) is 0 Å². The lowest BCUT2D eigenvalue weighted by Crippen LogP contribution is -2.00. The molecule has 3 aromatic rings. The van der Waals surface area contributed by atoms with Crippen LogP contribution in [0.1, 0.15) is 19.7 Å². The first-order valence-corrected chi connectivity index (χ1v) is 6.55. The van der Waals surface area contributed by atoms with Gasteiger partial charge in [0.2, 0.25) is 0 Å². The van der Waals surface area contributed by atoms with Gasteiger partial charge in [-0.05, 0) is 19.1 Å². The second kappa shape index (κ2) is 5.80. The Morgan fingerprint density at radius 1 is 1.11 bits per heavy atom. The Morgan fingerprint density at radius 3 is 2.58 bits per heavy atom. The molecule has 0 aliphatic heterocycles. The Labute approximate surface area is 117 Å². The number of halogens is 1. The van der Waals surface area contributed by atoms with Gasteiger partial charge in [-0.2, -0.15) is 0 Å². The van der Waals surface area contributed by atoms with Gasteiger partial charge < -0.3 is 0 Å². The van der Waals surface area contributed by atoms with Crippen LogP contribution in [-0.4, -0.2) is 19.5 Å². The van der Waals surface area contributed by atoms with Crippen molar-refractivity contribution in [3.8, 4) is 5.82 Å². The molecule has 5 heteroatoms. The molecule has 3 rings (SSSR count). The van der Waals surface area contributed by atoms with Crippen molar-refractivity contribution in [2.24, 2.45) is 0 Å². The van der Waals surface area contributed by atoms with Gasteiger partial charge in [-0.25, -0.2) is 15.0 Å². The highest BCUT2D eigenvalue weighted by atomic mass is 35.5. The molecule has 0 saturated carbocycles. The standard InChI is InChI=1S/C12H9ClN4.C2H6/c1-8-16-9-4-2-3-5-10(9)17(8)12-6-11(13)14-7-15-12;1-2/h2-7H,1H3;1-2H3. The predicted molar refractivity (Wildman–Crippen MR) is 77.8 cm³/mol. The smallest absolute Gasteiger partial charge is 0.143 e. The Morgan fingerprint density at radius 2 is 1.84 bits per heavy atom. The zero-order chi connectivity index (χ0) is 13.8. The molecule has 0 unspecified atom stereocenters. The highest BCUT2D eigenvalue weighted by Gasteiger charge is 2.09. The molecule has 0 N–H and O–H groups in total. The van der Waals surface area contributed by atoms with Crippen LogP contribution in [0, 0.1) is 6.92 Å². The monoisotopic (exact) mass is 274 g/mol. The van der Waals surface area contributed by atoms with E-state index in [1.165, 1.54) is 6.33 Å². The van der Waals surface area contributed by atoms with Crippen molar-refractivity contribution >= 4 is 22.6 Å². The highest BCUT2D eigenvalue weighted by Crippen LogP contribution is 2.20. The van der Waals surface area contributed by atoms with E-state index in [1.54, 1.807) is 6.07 Å². The molecule has 0 atom stereocenters. The number of imidazole rings is 1. The number of fused-ring (bicyclic) bond motifs is 1. The first-order chi connectivity index (χ1) is 9.25. The number of para-hydroxylation sites is 2. The third kappa shape index (κ3) is 2.58. The summed E-state index contributed by atoms with van der Waals surface area (Å²) in [6, 6.07) is 9.64. The molecule has 0 aliphatic carbocycles. The van der Waals surface area contributed by atoms with Crippen LogP contribution in [0.2, 0.25) is 5.15 Å². The molecule has 0 fully saturated rings. The van der Waals surface area contributed by atoms with Crippen molar-refractivity contribution in [3.63, 3.8) is 0 Å². The van der Waals surface area contributed by atoms with Gasteiger partial charge in [0, 0.05) is 6.07 Å². The first kappa shape index (κ1) is 13.5. The molecule has 0 radical (unpaired) electrons. The molecule has 2 aromatic heterocycles. The average molecular weight is 275 g/mol. The van der Waals surface area contributed by atoms with Crippen molar-refractivity contribution in [1.82, 2.24) is 19.5 Å². The van der Waals surface area contributed by atoms with Crippen LogP contribution < -0.4 is 0 Å². The second-order valence-corrected chi connectivity index (χ2v) is 4.07. The Kier molecular flexibility index (Phi) is 4.12. The maximum absolute atomic E-state index is 5.88. The number of nitrogens with zero attached hydrogens (tertiary/aromatic N) is 4. The molecule has 0 amide bonds. The maximum Gasteiger partial charge on any atom is 0.143 e. The van der Waals surface area contributed by atoms with Crippen molar-refractivity contribution in [2.75, 3.05) is 0 Å². The zero-order valence-electron chi connectivity index (χ0n) is 11.1. The van der Waals surface area contributed by atoms with E-state index in [2.05, 4.69) is 15.0 Å². The van der Waals surface area contributed by atoms with Crippen molar-refractivity contribution in [3.05, 3.63) is 47.6 Å². The summed E-state index contributed by atoms with van der Waals surface area (Å²) in [6.45, 7) is 5.94. The van der Waals surface area contributed by atoms with Gasteiger partial charge in [-0.1, -0.05) is 37.6 Å². The lowest BCUT2D eigenvalue weighted by Gasteiger charge is -2.05. The minimum atomic E-state index is 0.423. The molecular weight excluding hydrogens is 260 g/mol. The van der Waals surface area contributed by atoms with Crippen molar-refractivity contribution < 1.29 is 0 Å². The number of hydrogen-bond donors (Lipinski definition) is 0. The highest BCUT2D eigenvalue weighted by molar-refractivity contribution is 6.29. The SMILES string of the molecule is CC.Cc1nc2ccccc2n1-c1cc(Cl)ncn1. The summed E-state index contributed by atoms with van der Waals surface area (Å²) in [5.74, 6) is 1.61. The van der Waals surface area contributed by atoms with Crippen LogP contribution in [0.5, 0.6) is 0 Å². The Balaban J connectivity index is 0.000000637. The third-order valence-corrected chi connectivity index (χ3v) is 2.78. The number of rotatable bonds is 1. The molecule has 2 heterocycles. The fourth-order valence-corrected chi connectivity index (χ4v) is 2.02. The van der Waals surface area contributed by atoms with E-state index in [9.17, 15) is 0 Å². The Hall–Kier alpha value is -1.94. The predicted octanol–water partition coefficient (Wildman–Crippen LogP) is 3.80. The van der Waals surface area contributed by atoms with E-state index in [-0.39, 0.29) is 0 Å². The fourth-order valence-electron chi connectivity index (χ4n) is 1.88. The van der Waals surface area contributed by atoms with E-state index in [4.69, 9.17) is 11.6 Å². The van der Waals surface area contributed by atoms with Crippen LogP contribution in [0.25, 0.3) is 16.9 Å². The number of aromatic nitrogens is 4. The number of benzene rings is 1. The van der Waals surface area contributed by atoms with Gasteiger partial charge in [0.1, 0.15) is 23.1 Å². The van der Waals surface area contributed by atoms with E-state index in [1.807, 2.05) is 49.6 Å². The van der Waals surface area contributed by atoms with Crippen LogP contribution >= 0.6 is 11.6 Å². The van der Waals surface area contributed by atoms with Crippen molar-refractivity contribution in [1.29, 1.82) is 0 Å². The Bertz CT molecular complexity index is 691. The summed E-state index contributed by atoms with van der Waals surface area (Å²) in [4.78, 5) is 12.6. The molecule has 0 bridgehead atoms. The lowest BCUT2D eigenvalue weighted by molar-refractivity contribution is 0.942. The summed E-state index contributed by atoms with van der Waals surface area (Å²) >= 11 is 5.88. The molecule has 98 valence electrons. The molecule has 0 spiro atoms. The van der Waals surface area contributed by atoms with Crippen molar-refractivity contribution in [2.45, 2.75) is 20.8 Å². The quantitative estimate of drug-likeness (QED) is 0.634. The van der Waals surface area contributed by atoms with E-state index in [0.29, 0.717) is 5.15 Å². The minimum Gasteiger partial charge on any atom is -0.280 e. The van der Waals surface area contributed by atoms with Gasteiger partial charge in [-0.15, -0.1) is 0 Å². The van der Waals surface area contributed by atoms with Crippen LogP contribution in [0.3, 0.4) is 0 Å². The van der Waals surface area contributed by atoms with Gasteiger partial charge in [-0.3, -0.25) is 4.57 Å². The summed E-state index contributed by atoms with van der Waals surface area (Å²) in [5.41, 5.74) is 1.96. The number of aryl methyl sites for hydroxylation is 1. The van der Waals surface area contributed by atoms with E-state index < -0.39 is 0 Å². The largest absolute Gasteiger partial charge is 0.280 e. The number of hydrogen-bond acceptors (Lipinski definition) is 3. The average Bonchev–Trinajstić information content (AvgIpc) is 2.77. The summed E-state index contributed by atoms with van der Waals surface area (Å²) in [6.07, 6.45) is 1.45. The first-order valence-electron chi connectivity index (χ1n) is 6.18. The van der Waals surface area contributed by atoms with E-state index >= 15 is 0 Å². The fraction of sp³-hybridized carbons (Fsp3) is 0.214. The van der Waals surface area contributed by atoms with Gasteiger partial charge in [0.25, 0.3) is 0 Å². The zero-order valence-corrected chi connectivity index (χ0v) is 11.9. The summed E-state index contributed by atoms with van der Waals surface area (Å²) in [7, 11) is 0. The molecular formula is C14H15ClN4. The molecule has 0 saturated heterocycles. The summed E-state index contributed by atoms with van der Waals surface area (Å²) < 4.78 is 1.96. The summed E-state index contributed by atoms with van der Waals surface area (Å²) in [5, 5.41) is 0.423.